The number of piperidine rings is 1. The van der Waals surface area contributed by atoms with Crippen molar-refractivity contribution in [3.63, 3.8) is 0 Å². The molecule has 0 saturated carbocycles. The van der Waals surface area contributed by atoms with Crippen LogP contribution in [0.25, 0.3) is 10.9 Å². The van der Waals surface area contributed by atoms with Gasteiger partial charge in [-0.15, -0.1) is 0 Å². The summed E-state index contributed by atoms with van der Waals surface area (Å²) in [4.78, 5) is 21.1. The molecule has 4 rings (SSSR count). The summed E-state index contributed by atoms with van der Waals surface area (Å²) in [6.45, 7) is 3.02. The number of guanidine groups is 1. The number of halogens is 3. The van der Waals surface area contributed by atoms with E-state index in [1.54, 1.807) is 12.1 Å². The summed E-state index contributed by atoms with van der Waals surface area (Å²) in [5.41, 5.74) is 5.68. The molecule has 4 N–H and O–H groups in total. The van der Waals surface area contributed by atoms with Crippen molar-refractivity contribution < 1.29 is 22.7 Å². The number of hydrogen-bond donors (Lipinski definition) is 3. The Labute approximate surface area is 194 Å². The summed E-state index contributed by atoms with van der Waals surface area (Å²) < 4.78 is 46.7. The van der Waals surface area contributed by atoms with Crippen LogP contribution in [0.1, 0.15) is 40.9 Å². The maximum absolute atomic E-state index is 13.6. The molecule has 7 nitrogen and oxygen atoms in total. The largest absolute Gasteiger partial charge is 0.455 e. The van der Waals surface area contributed by atoms with Gasteiger partial charge in [0.25, 0.3) is 5.91 Å². The van der Waals surface area contributed by atoms with Crippen molar-refractivity contribution in [3.05, 3.63) is 59.3 Å². The predicted octanol–water partition coefficient (Wildman–Crippen LogP) is 4.64. The number of benzene rings is 2. The third-order valence-electron chi connectivity index (χ3n) is 5.78. The van der Waals surface area contributed by atoms with Gasteiger partial charge in [-0.05, 0) is 61.8 Å². The van der Waals surface area contributed by atoms with Crippen molar-refractivity contribution >= 4 is 22.8 Å². The lowest BCUT2D eigenvalue weighted by atomic mass is 10.1. The highest BCUT2D eigenvalue weighted by Crippen LogP contribution is 2.40. The van der Waals surface area contributed by atoms with Gasteiger partial charge in [-0.1, -0.05) is 18.6 Å². The Bertz CT molecular complexity index is 1200. The van der Waals surface area contributed by atoms with Crippen molar-refractivity contribution in [3.8, 4) is 11.5 Å². The topological polar surface area (TPSA) is 95.7 Å². The van der Waals surface area contributed by atoms with Gasteiger partial charge in [0.15, 0.2) is 11.7 Å². The Balaban J connectivity index is 1.62. The van der Waals surface area contributed by atoms with Crippen LogP contribution in [-0.4, -0.2) is 41.9 Å². The monoisotopic (exact) mass is 473 g/mol. The third-order valence-corrected chi connectivity index (χ3v) is 5.78. The van der Waals surface area contributed by atoms with Crippen LogP contribution < -0.4 is 15.8 Å². The number of carbonyl (C=O) groups excluding carboxylic acids is 1. The molecule has 180 valence electrons. The van der Waals surface area contributed by atoms with Crippen molar-refractivity contribution in [1.29, 1.82) is 0 Å². The van der Waals surface area contributed by atoms with Gasteiger partial charge in [-0.25, -0.2) is 0 Å². The highest BCUT2D eigenvalue weighted by atomic mass is 19.4. The second-order valence-electron chi connectivity index (χ2n) is 8.22. The fraction of sp³-hybridized carbons (Fsp3) is 0.333. The van der Waals surface area contributed by atoms with Crippen molar-refractivity contribution in [1.82, 2.24) is 15.2 Å². The van der Waals surface area contributed by atoms with E-state index in [0.717, 1.165) is 37.3 Å². The first-order valence-electron chi connectivity index (χ1n) is 11.0. The Kier molecular flexibility index (Phi) is 6.78. The number of nitrogens with zero attached hydrogens (tertiary/aromatic N) is 2. The van der Waals surface area contributed by atoms with Gasteiger partial charge < -0.3 is 20.8 Å². The molecular weight excluding hydrogens is 447 g/mol. The first-order valence-corrected chi connectivity index (χ1v) is 11.0. The lowest BCUT2D eigenvalue weighted by Crippen LogP contribution is -2.28. The van der Waals surface area contributed by atoms with Crippen LogP contribution in [0.3, 0.4) is 0 Å². The van der Waals surface area contributed by atoms with E-state index in [1.807, 2.05) is 12.1 Å². The molecule has 10 heteroatoms. The summed E-state index contributed by atoms with van der Waals surface area (Å²) in [6.07, 6.45) is -0.925. The zero-order valence-electron chi connectivity index (χ0n) is 18.7. The first-order chi connectivity index (χ1) is 16.2. The second kappa shape index (κ2) is 9.76. The van der Waals surface area contributed by atoms with Crippen LogP contribution in [0.2, 0.25) is 0 Å². The van der Waals surface area contributed by atoms with Gasteiger partial charge in [0, 0.05) is 19.0 Å². The first kappa shape index (κ1) is 23.6. The number of aromatic nitrogens is 1. The van der Waals surface area contributed by atoms with Crippen molar-refractivity contribution in [2.45, 2.75) is 32.0 Å². The molecule has 0 bridgehead atoms. The quantitative estimate of drug-likeness (QED) is 0.371. The average Bonchev–Trinajstić information content (AvgIpc) is 3.26. The van der Waals surface area contributed by atoms with E-state index in [-0.39, 0.29) is 28.3 Å². The van der Waals surface area contributed by atoms with Crippen molar-refractivity contribution in [2.24, 2.45) is 10.7 Å². The third kappa shape index (κ3) is 5.33. The van der Waals surface area contributed by atoms with Gasteiger partial charge in [0.2, 0.25) is 0 Å². The maximum Gasteiger partial charge on any atom is 0.417 e. The van der Waals surface area contributed by atoms with E-state index >= 15 is 0 Å². The van der Waals surface area contributed by atoms with E-state index in [9.17, 15) is 18.0 Å². The van der Waals surface area contributed by atoms with Gasteiger partial charge in [-0.2, -0.15) is 18.2 Å². The standard InChI is InChI=1S/C24H26F3N5O2/c1-29-23(28)31-22(33)19-13-17-18(24(25,26)27)9-10-20(21(17)30-19)34-16-7-5-15(6-8-16)14-32-11-3-2-4-12-32/h5-10,13,30H,2-4,11-12,14H2,1H3,(H3,28,29,31,33). The van der Waals surface area contributed by atoms with E-state index in [2.05, 4.69) is 20.2 Å². The van der Waals surface area contributed by atoms with Gasteiger partial charge in [-0.3, -0.25) is 9.69 Å². The Morgan fingerprint density at radius 3 is 2.50 bits per heavy atom. The van der Waals surface area contributed by atoms with Crippen molar-refractivity contribution in [2.75, 3.05) is 20.1 Å². The maximum atomic E-state index is 13.6. The molecule has 34 heavy (non-hydrogen) atoms. The molecule has 1 aliphatic rings. The van der Waals surface area contributed by atoms with E-state index < -0.39 is 17.6 Å². The lowest BCUT2D eigenvalue weighted by Gasteiger charge is -2.26. The molecule has 2 aromatic carbocycles. The zero-order chi connectivity index (χ0) is 24.3. The van der Waals surface area contributed by atoms with E-state index in [1.165, 1.54) is 32.4 Å². The Morgan fingerprint density at radius 1 is 1.15 bits per heavy atom. The average molecular weight is 473 g/mol. The number of aliphatic imine (C=N–C) groups is 1. The molecule has 0 aliphatic carbocycles. The minimum atomic E-state index is -4.61. The summed E-state index contributed by atoms with van der Waals surface area (Å²) >= 11 is 0. The minimum Gasteiger partial charge on any atom is -0.455 e. The predicted molar refractivity (Wildman–Crippen MR) is 124 cm³/mol. The van der Waals surface area contributed by atoms with Crippen LogP contribution >= 0.6 is 0 Å². The smallest absolute Gasteiger partial charge is 0.417 e. The number of likely N-dealkylation sites (tertiary alicyclic amines) is 1. The number of hydrogen-bond acceptors (Lipinski definition) is 3. The van der Waals surface area contributed by atoms with Crippen LogP contribution in [0.5, 0.6) is 11.5 Å². The molecule has 1 fully saturated rings. The molecule has 1 saturated heterocycles. The normalized spacial score (nSPS) is 15.5. The molecule has 0 atom stereocenters. The molecule has 3 aromatic rings. The van der Waals surface area contributed by atoms with Gasteiger partial charge in [0.05, 0.1) is 11.1 Å². The number of nitrogens with one attached hydrogen (secondary N) is 2. The summed E-state index contributed by atoms with van der Waals surface area (Å²) in [7, 11) is 1.48. The van der Waals surface area contributed by atoms with Gasteiger partial charge in [0.1, 0.15) is 11.4 Å². The molecule has 0 spiro atoms. The van der Waals surface area contributed by atoms with Gasteiger partial charge >= 0.3 is 6.18 Å². The SMILES string of the molecule is CNC(N)=NC(=O)c1cc2c(C(F)(F)F)ccc(Oc3ccc(CN4CCCCC4)cc3)c2[nH]1. The summed E-state index contributed by atoms with van der Waals surface area (Å²) in [6, 6.07) is 10.8. The summed E-state index contributed by atoms with van der Waals surface area (Å²) in [5, 5.41) is 2.31. The number of nitrogens with two attached hydrogens (primary N) is 1. The number of carbonyl (C=O) groups is 1. The number of alkyl halides is 3. The number of aromatic amines is 1. The lowest BCUT2D eigenvalue weighted by molar-refractivity contribution is -0.136. The molecule has 1 amide bonds. The number of rotatable bonds is 5. The van der Waals surface area contributed by atoms with E-state index in [4.69, 9.17) is 10.5 Å². The molecule has 1 aromatic heterocycles. The zero-order valence-corrected chi connectivity index (χ0v) is 18.7. The fourth-order valence-corrected chi connectivity index (χ4v) is 4.03. The van der Waals surface area contributed by atoms with Crippen LogP contribution in [0.15, 0.2) is 47.5 Å². The number of fused-ring (bicyclic) bond motifs is 1. The molecule has 0 unspecified atom stereocenters. The van der Waals surface area contributed by atoms with E-state index in [0.29, 0.717) is 5.75 Å². The highest BCUT2D eigenvalue weighted by molar-refractivity contribution is 6.05. The number of H-pyrrole nitrogens is 1. The number of ether oxygens (including phenoxy) is 1. The fourth-order valence-electron chi connectivity index (χ4n) is 4.03. The summed E-state index contributed by atoms with van der Waals surface area (Å²) in [5.74, 6) is -0.315. The van der Waals surface area contributed by atoms with Crippen LogP contribution in [0, 0.1) is 0 Å². The molecule has 0 radical (unpaired) electrons. The highest BCUT2D eigenvalue weighted by Gasteiger charge is 2.34. The Morgan fingerprint density at radius 2 is 1.85 bits per heavy atom. The van der Waals surface area contributed by atoms with Crippen LogP contribution in [-0.2, 0) is 12.7 Å². The number of amides is 1. The molecular formula is C24H26F3N5O2. The molecule has 1 aliphatic heterocycles. The Hall–Kier alpha value is -3.53. The molecule has 2 heterocycles. The second-order valence-corrected chi connectivity index (χ2v) is 8.22. The van der Waals surface area contributed by atoms with Crippen LogP contribution in [0.4, 0.5) is 13.2 Å². The minimum absolute atomic E-state index is 0.0498.